The summed E-state index contributed by atoms with van der Waals surface area (Å²) in [7, 11) is 0. The van der Waals surface area contributed by atoms with Gasteiger partial charge in [-0.15, -0.1) is 0 Å². The summed E-state index contributed by atoms with van der Waals surface area (Å²) in [5.74, 6) is 0.598. The van der Waals surface area contributed by atoms with Crippen molar-refractivity contribution in [1.82, 2.24) is 9.55 Å². The Morgan fingerprint density at radius 3 is 2.09 bits per heavy atom. The molecule has 2 aromatic heterocycles. The lowest BCUT2D eigenvalue weighted by molar-refractivity contribution is 0.233. The summed E-state index contributed by atoms with van der Waals surface area (Å²) in [5.41, 5.74) is 9.37. The Morgan fingerprint density at radius 1 is 0.651 bits per heavy atom. The van der Waals surface area contributed by atoms with Gasteiger partial charge in [-0.1, -0.05) is 120 Å². The molecule has 1 N–H and O–H groups in total. The molecule has 43 heavy (non-hydrogen) atoms. The van der Waals surface area contributed by atoms with Crippen molar-refractivity contribution < 1.29 is 0 Å². The Labute approximate surface area is 251 Å². The standard InChI is InChI=1S/C41H36N2/c1-24-23-40(2,3)37-31(41(24,4)5)15-10-16-34(37)43-33-22-18-26-12-7-9-14-28(26)36(33)30-20-19-29-35-27-13-8-6-11-25(27)17-21-32(35)42-38(29)39(30)43/h6-22,24,42H,23H2,1-5H3. The van der Waals surface area contributed by atoms with E-state index in [1.165, 1.54) is 82.0 Å². The molecule has 0 aliphatic heterocycles. The molecule has 1 aliphatic rings. The molecule has 0 spiro atoms. The topological polar surface area (TPSA) is 20.7 Å². The number of nitrogens with one attached hydrogen (secondary N) is 1. The third-order valence-corrected chi connectivity index (χ3v) is 11.0. The van der Waals surface area contributed by atoms with Gasteiger partial charge in [0.2, 0.25) is 0 Å². The second-order valence-electron chi connectivity index (χ2n) is 14.1. The number of H-pyrrole nitrogens is 1. The molecule has 0 saturated heterocycles. The van der Waals surface area contributed by atoms with Gasteiger partial charge in [0.25, 0.3) is 0 Å². The number of fused-ring (bicyclic) bond motifs is 12. The van der Waals surface area contributed by atoms with Crippen LogP contribution in [0.2, 0.25) is 0 Å². The molecule has 0 bridgehead atoms. The van der Waals surface area contributed by atoms with Gasteiger partial charge in [0.15, 0.2) is 0 Å². The first-order valence-electron chi connectivity index (χ1n) is 15.7. The van der Waals surface area contributed by atoms with Crippen LogP contribution in [-0.4, -0.2) is 9.55 Å². The monoisotopic (exact) mass is 556 g/mol. The van der Waals surface area contributed by atoms with Crippen LogP contribution in [0.5, 0.6) is 0 Å². The summed E-state index contributed by atoms with van der Waals surface area (Å²) in [4.78, 5) is 3.94. The Balaban J connectivity index is 1.53. The van der Waals surface area contributed by atoms with Gasteiger partial charge in [-0.2, -0.15) is 0 Å². The largest absolute Gasteiger partial charge is 0.353 e. The van der Waals surface area contributed by atoms with Crippen LogP contribution < -0.4 is 0 Å². The Kier molecular flexibility index (Phi) is 4.82. The van der Waals surface area contributed by atoms with E-state index in [0.29, 0.717) is 5.92 Å². The van der Waals surface area contributed by atoms with E-state index in [0.717, 1.165) is 6.42 Å². The molecule has 6 aromatic carbocycles. The summed E-state index contributed by atoms with van der Waals surface area (Å²) >= 11 is 0. The van der Waals surface area contributed by atoms with Crippen LogP contribution in [0.25, 0.3) is 70.8 Å². The van der Waals surface area contributed by atoms with Crippen LogP contribution in [0.15, 0.2) is 103 Å². The maximum Gasteiger partial charge on any atom is 0.0783 e. The zero-order valence-electron chi connectivity index (χ0n) is 25.5. The van der Waals surface area contributed by atoms with Crippen molar-refractivity contribution >= 4 is 65.2 Å². The molecule has 1 atom stereocenters. The Bertz CT molecular complexity index is 2450. The molecule has 8 aromatic rings. The summed E-state index contributed by atoms with van der Waals surface area (Å²) in [5, 5.41) is 10.4. The number of rotatable bonds is 1. The summed E-state index contributed by atoms with van der Waals surface area (Å²) < 4.78 is 2.60. The van der Waals surface area contributed by atoms with E-state index in [4.69, 9.17) is 0 Å². The highest BCUT2D eigenvalue weighted by atomic mass is 15.0. The van der Waals surface area contributed by atoms with Gasteiger partial charge in [0.05, 0.1) is 22.2 Å². The molecule has 210 valence electrons. The second kappa shape index (κ2) is 8.29. The molecule has 1 aliphatic carbocycles. The van der Waals surface area contributed by atoms with Crippen LogP contribution in [0.3, 0.4) is 0 Å². The predicted molar refractivity (Wildman–Crippen MR) is 185 cm³/mol. The third-order valence-electron chi connectivity index (χ3n) is 11.0. The number of nitrogens with zero attached hydrogens (tertiary/aromatic N) is 1. The first kappa shape index (κ1) is 25.0. The Hall–Kier alpha value is -4.56. The Morgan fingerprint density at radius 2 is 1.33 bits per heavy atom. The minimum Gasteiger partial charge on any atom is -0.353 e. The highest BCUT2D eigenvalue weighted by Crippen LogP contribution is 2.52. The van der Waals surface area contributed by atoms with Crippen LogP contribution in [0.4, 0.5) is 0 Å². The second-order valence-corrected chi connectivity index (χ2v) is 14.1. The van der Waals surface area contributed by atoms with Gasteiger partial charge < -0.3 is 9.55 Å². The van der Waals surface area contributed by atoms with Gasteiger partial charge in [-0.3, -0.25) is 0 Å². The molecular weight excluding hydrogens is 520 g/mol. The van der Waals surface area contributed by atoms with Crippen molar-refractivity contribution in [3.63, 3.8) is 0 Å². The van der Waals surface area contributed by atoms with E-state index in [9.17, 15) is 0 Å². The van der Waals surface area contributed by atoms with E-state index < -0.39 is 0 Å². The van der Waals surface area contributed by atoms with Gasteiger partial charge in [0.1, 0.15) is 0 Å². The number of hydrogen-bond acceptors (Lipinski definition) is 0. The van der Waals surface area contributed by atoms with Crippen molar-refractivity contribution in [2.45, 2.75) is 51.9 Å². The van der Waals surface area contributed by atoms with E-state index >= 15 is 0 Å². The average Bonchev–Trinajstić information content (AvgIpc) is 3.56. The number of hydrogen-bond donors (Lipinski definition) is 1. The zero-order valence-corrected chi connectivity index (χ0v) is 25.5. The lowest BCUT2D eigenvalue weighted by atomic mass is 9.58. The van der Waals surface area contributed by atoms with Gasteiger partial charge in [-0.05, 0) is 74.0 Å². The van der Waals surface area contributed by atoms with E-state index in [1.807, 2.05) is 0 Å². The molecule has 2 nitrogen and oxygen atoms in total. The number of aromatic amines is 1. The molecule has 0 saturated carbocycles. The van der Waals surface area contributed by atoms with Crippen molar-refractivity contribution in [2.75, 3.05) is 0 Å². The molecular formula is C41H36N2. The minimum atomic E-state index is 0.0468. The highest BCUT2D eigenvalue weighted by Gasteiger charge is 2.43. The fraction of sp³-hybridized carbons (Fsp3) is 0.220. The lowest BCUT2D eigenvalue weighted by Gasteiger charge is -2.47. The van der Waals surface area contributed by atoms with E-state index in [1.54, 1.807) is 0 Å². The number of aromatic nitrogens is 2. The van der Waals surface area contributed by atoms with E-state index in [2.05, 4.69) is 147 Å². The zero-order chi connectivity index (χ0) is 29.2. The molecule has 2 heteroatoms. The average molecular weight is 557 g/mol. The highest BCUT2D eigenvalue weighted by molar-refractivity contribution is 6.30. The van der Waals surface area contributed by atoms with Crippen LogP contribution in [0.1, 0.15) is 52.2 Å². The maximum absolute atomic E-state index is 3.94. The molecule has 0 fully saturated rings. The van der Waals surface area contributed by atoms with Crippen LogP contribution >= 0.6 is 0 Å². The first-order chi connectivity index (χ1) is 20.8. The van der Waals surface area contributed by atoms with Gasteiger partial charge in [0, 0.05) is 27.1 Å². The van der Waals surface area contributed by atoms with Crippen molar-refractivity contribution in [3.8, 4) is 5.69 Å². The summed E-state index contributed by atoms with van der Waals surface area (Å²) in [6.45, 7) is 12.2. The fourth-order valence-corrected chi connectivity index (χ4v) is 8.62. The maximum atomic E-state index is 3.94. The van der Waals surface area contributed by atoms with Crippen molar-refractivity contribution in [3.05, 3.63) is 114 Å². The van der Waals surface area contributed by atoms with Crippen LogP contribution in [-0.2, 0) is 10.8 Å². The van der Waals surface area contributed by atoms with E-state index in [-0.39, 0.29) is 10.8 Å². The quantitative estimate of drug-likeness (QED) is 0.208. The van der Waals surface area contributed by atoms with Crippen molar-refractivity contribution in [2.24, 2.45) is 5.92 Å². The fourth-order valence-electron chi connectivity index (χ4n) is 8.62. The normalized spacial score (nSPS) is 17.9. The predicted octanol–water partition coefficient (Wildman–Crippen LogP) is 11.3. The van der Waals surface area contributed by atoms with Gasteiger partial charge in [-0.25, -0.2) is 0 Å². The molecule has 1 unspecified atom stereocenters. The van der Waals surface area contributed by atoms with Crippen LogP contribution in [0, 0.1) is 5.92 Å². The molecule has 2 heterocycles. The number of benzene rings is 6. The van der Waals surface area contributed by atoms with Gasteiger partial charge >= 0.3 is 0 Å². The molecule has 0 radical (unpaired) electrons. The summed E-state index contributed by atoms with van der Waals surface area (Å²) in [6, 6.07) is 38.6. The minimum absolute atomic E-state index is 0.0468. The third kappa shape index (κ3) is 3.19. The SMILES string of the molecule is CC1CC(C)(C)c2c(-n3c4ccc5ccccc5c4c4ccc5c([nH]c6ccc7ccccc7c65)c43)cccc2C1(C)C. The molecule has 0 amide bonds. The smallest absolute Gasteiger partial charge is 0.0783 e. The van der Waals surface area contributed by atoms with Crippen molar-refractivity contribution in [1.29, 1.82) is 0 Å². The lowest BCUT2D eigenvalue weighted by Crippen LogP contribution is -2.41. The first-order valence-corrected chi connectivity index (χ1v) is 15.7. The molecule has 9 rings (SSSR count). The summed E-state index contributed by atoms with van der Waals surface area (Å²) in [6.07, 6.45) is 1.16.